The zero-order valence-electron chi connectivity index (χ0n) is 43.5. The van der Waals surface area contributed by atoms with E-state index in [4.69, 9.17) is 4.74 Å². The standard InChI is InChI=1S/C58H115NO5/c1-3-5-7-9-11-13-15-16-17-18-19-20-21-22-23-24-25-26-27-31-34-38-42-46-50-56(61)55(54-60)59-57(62)51-47-43-39-35-32-28-29-33-37-41-45-49-53-64-58(63)52-48-44-40-36-30-14-12-10-8-6-4-2/h55-56,60-61H,3-54H2,1-2H3,(H,59,62). The van der Waals surface area contributed by atoms with Gasteiger partial charge >= 0.3 is 5.97 Å². The second kappa shape index (κ2) is 54.5. The van der Waals surface area contributed by atoms with Gasteiger partial charge in [0, 0.05) is 12.8 Å². The third-order valence-corrected chi connectivity index (χ3v) is 13.9. The molecule has 0 aromatic carbocycles. The van der Waals surface area contributed by atoms with Crippen LogP contribution in [0.25, 0.3) is 0 Å². The van der Waals surface area contributed by atoms with E-state index in [-0.39, 0.29) is 18.5 Å². The normalized spacial score (nSPS) is 12.5. The lowest BCUT2D eigenvalue weighted by Crippen LogP contribution is -2.45. The first kappa shape index (κ1) is 62.9. The molecule has 6 heteroatoms. The molecule has 1 amide bonds. The number of esters is 1. The van der Waals surface area contributed by atoms with Gasteiger partial charge in [-0.15, -0.1) is 0 Å². The largest absolute Gasteiger partial charge is 0.466 e. The van der Waals surface area contributed by atoms with Crippen molar-refractivity contribution in [3.63, 3.8) is 0 Å². The topological polar surface area (TPSA) is 95.9 Å². The van der Waals surface area contributed by atoms with Crippen molar-refractivity contribution in [3.8, 4) is 0 Å². The minimum atomic E-state index is -0.674. The van der Waals surface area contributed by atoms with Crippen LogP contribution in [0.4, 0.5) is 0 Å². The smallest absolute Gasteiger partial charge is 0.305 e. The van der Waals surface area contributed by atoms with Crippen LogP contribution in [0.5, 0.6) is 0 Å². The first-order valence-electron chi connectivity index (χ1n) is 29.3. The van der Waals surface area contributed by atoms with Crippen LogP contribution in [0.1, 0.15) is 335 Å². The van der Waals surface area contributed by atoms with Gasteiger partial charge in [0.25, 0.3) is 0 Å². The second-order valence-corrected chi connectivity index (χ2v) is 20.3. The number of hydrogen-bond acceptors (Lipinski definition) is 5. The summed E-state index contributed by atoms with van der Waals surface area (Å²) in [5, 5.41) is 23.3. The number of unbranched alkanes of at least 4 members (excludes halogenated alkanes) is 44. The van der Waals surface area contributed by atoms with Crippen LogP contribution in [-0.4, -0.2) is 47.4 Å². The number of ether oxygens (including phenoxy) is 1. The Labute approximate surface area is 400 Å². The molecule has 0 radical (unpaired) electrons. The van der Waals surface area contributed by atoms with Gasteiger partial charge in [-0.2, -0.15) is 0 Å². The summed E-state index contributed by atoms with van der Waals surface area (Å²) in [6.45, 7) is 4.94. The van der Waals surface area contributed by atoms with Gasteiger partial charge in [-0.25, -0.2) is 0 Å². The van der Waals surface area contributed by atoms with E-state index in [1.165, 1.54) is 244 Å². The highest BCUT2D eigenvalue weighted by Gasteiger charge is 2.20. The second-order valence-electron chi connectivity index (χ2n) is 20.3. The van der Waals surface area contributed by atoms with Gasteiger partial charge in [-0.05, 0) is 25.7 Å². The number of aliphatic hydroxyl groups is 2. The molecular formula is C58H115NO5. The van der Waals surface area contributed by atoms with Crippen molar-refractivity contribution in [1.82, 2.24) is 5.32 Å². The molecule has 0 fully saturated rings. The molecule has 0 aromatic rings. The van der Waals surface area contributed by atoms with Gasteiger partial charge in [-0.1, -0.05) is 296 Å². The SMILES string of the molecule is CCCCCCCCCCCCCCCCCCCCCCCCCCC(O)C(CO)NC(=O)CCCCCCCCCCCCCCOC(=O)CCCCCCCCCCCCC. The van der Waals surface area contributed by atoms with Crippen LogP contribution in [0.2, 0.25) is 0 Å². The maximum atomic E-state index is 12.5. The molecule has 0 heterocycles. The Bertz CT molecular complexity index is 913. The summed E-state index contributed by atoms with van der Waals surface area (Å²) in [5.74, 6) is -0.0539. The molecule has 64 heavy (non-hydrogen) atoms. The molecule has 0 saturated heterocycles. The first-order chi connectivity index (χ1) is 31.5. The molecule has 0 bridgehead atoms. The molecule has 0 saturated carbocycles. The highest BCUT2D eigenvalue weighted by Crippen LogP contribution is 2.18. The van der Waals surface area contributed by atoms with E-state index in [9.17, 15) is 19.8 Å². The van der Waals surface area contributed by atoms with E-state index in [0.717, 1.165) is 57.8 Å². The van der Waals surface area contributed by atoms with Crippen molar-refractivity contribution in [2.75, 3.05) is 13.2 Å². The lowest BCUT2D eigenvalue weighted by molar-refractivity contribution is -0.143. The summed E-state index contributed by atoms with van der Waals surface area (Å²) in [5.41, 5.74) is 0. The molecule has 2 atom stereocenters. The predicted molar refractivity (Wildman–Crippen MR) is 278 cm³/mol. The molecule has 0 aliphatic heterocycles. The Morgan fingerprint density at radius 3 is 0.953 bits per heavy atom. The van der Waals surface area contributed by atoms with Gasteiger partial charge < -0.3 is 20.3 Å². The molecule has 3 N–H and O–H groups in total. The number of hydrogen-bond donors (Lipinski definition) is 3. The lowest BCUT2D eigenvalue weighted by atomic mass is 10.0. The highest BCUT2D eigenvalue weighted by atomic mass is 16.5. The average molecular weight is 907 g/mol. The fraction of sp³-hybridized carbons (Fsp3) is 0.966. The molecule has 2 unspecified atom stereocenters. The van der Waals surface area contributed by atoms with Crippen molar-refractivity contribution in [1.29, 1.82) is 0 Å². The van der Waals surface area contributed by atoms with Gasteiger partial charge in [0.2, 0.25) is 5.91 Å². The molecule has 0 aliphatic carbocycles. The van der Waals surface area contributed by atoms with Crippen LogP contribution in [0.3, 0.4) is 0 Å². The number of carbonyl (C=O) groups excluding carboxylic acids is 2. The fourth-order valence-electron chi connectivity index (χ4n) is 9.41. The van der Waals surface area contributed by atoms with Crippen molar-refractivity contribution >= 4 is 11.9 Å². The van der Waals surface area contributed by atoms with E-state index in [0.29, 0.717) is 25.9 Å². The first-order valence-corrected chi connectivity index (χ1v) is 29.3. The van der Waals surface area contributed by atoms with Crippen LogP contribution in [0, 0.1) is 0 Å². The van der Waals surface area contributed by atoms with Crippen molar-refractivity contribution in [3.05, 3.63) is 0 Å². The van der Waals surface area contributed by atoms with E-state index >= 15 is 0 Å². The Balaban J connectivity index is 3.44. The van der Waals surface area contributed by atoms with Gasteiger partial charge in [0.1, 0.15) is 0 Å². The molecule has 382 valence electrons. The molecular weight excluding hydrogens is 791 g/mol. The Morgan fingerprint density at radius 1 is 0.375 bits per heavy atom. The minimum absolute atomic E-state index is 0.00803. The zero-order chi connectivity index (χ0) is 46.5. The fourth-order valence-corrected chi connectivity index (χ4v) is 9.41. The number of rotatable bonds is 55. The zero-order valence-corrected chi connectivity index (χ0v) is 43.5. The van der Waals surface area contributed by atoms with E-state index in [1.54, 1.807) is 0 Å². The molecule has 6 nitrogen and oxygen atoms in total. The van der Waals surface area contributed by atoms with Crippen LogP contribution in [0.15, 0.2) is 0 Å². The van der Waals surface area contributed by atoms with Crippen molar-refractivity contribution in [2.45, 2.75) is 347 Å². The number of amides is 1. The van der Waals surface area contributed by atoms with Crippen LogP contribution < -0.4 is 5.32 Å². The van der Waals surface area contributed by atoms with Crippen LogP contribution in [-0.2, 0) is 14.3 Å². The Morgan fingerprint density at radius 2 is 0.641 bits per heavy atom. The van der Waals surface area contributed by atoms with E-state index in [2.05, 4.69) is 19.2 Å². The maximum absolute atomic E-state index is 12.5. The summed E-state index contributed by atoms with van der Waals surface area (Å²) in [7, 11) is 0. The molecule has 0 rings (SSSR count). The third kappa shape index (κ3) is 50.3. The van der Waals surface area contributed by atoms with E-state index in [1.807, 2.05) is 0 Å². The quantitative estimate of drug-likeness (QED) is 0.0417. The third-order valence-electron chi connectivity index (χ3n) is 13.9. The minimum Gasteiger partial charge on any atom is -0.466 e. The lowest BCUT2D eigenvalue weighted by Gasteiger charge is -2.22. The van der Waals surface area contributed by atoms with E-state index < -0.39 is 12.1 Å². The summed E-state index contributed by atoms with van der Waals surface area (Å²) < 4.78 is 5.45. The average Bonchev–Trinajstić information content (AvgIpc) is 3.29. The highest BCUT2D eigenvalue weighted by molar-refractivity contribution is 5.76. The molecule has 0 aromatic heterocycles. The summed E-state index contributed by atoms with van der Waals surface area (Å²) in [6, 6.07) is -0.552. The van der Waals surface area contributed by atoms with Gasteiger partial charge in [0.05, 0.1) is 25.4 Å². The van der Waals surface area contributed by atoms with Crippen molar-refractivity contribution in [2.24, 2.45) is 0 Å². The van der Waals surface area contributed by atoms with Crippen LogP contribution >= 0.6 is 0 Å². The summed E-state index contributed by atoms with van der Waals surface area (Å²) in [6.07, 6.45) is 62.4. The summed E-state index contributed by atoms with van der Waals surface area (Å²) in [4.78, 5) is 24.5. The number of nitrogens with one attached hydrogen (secondary N) is 1. The maximum Gasteiger partial charge on any atom is 0.305 e. The Kier molecular flexibility index (Phi) is 53.5. The molecule has 0 aliphatic rings. The van der Waals surface area contributed by atoms with Gasteiger partial charge in [-0.3, -0.25) is 9.59 Å². The Hall–Kier alpha value is -1.14. The number of carbonyl (C=O) groups is 2. The predicted octanol–water partition coefficient (Wildman–Crippen LogP) is 17.9. The van der Waals surface area contributed by atoms with Crippen molar-refractivity contribution < 1.29 is 24.5 Å². The van der Waals surface area contributed by atoms with Gasteiger partial charge in [0.15, 0.2) is 0 Å². The molecule has 0 spiro atoms. The number of aliphatic hydroxyl groups excluding tert-OH is 2. The summed E-state index contributed by atoms with van der Waals surface area (Å²) >= 11 is 0. The monoisotopic (exact) mass is 906 g/mol.